The van der Waals surface area contributed by atoms with E-state index in [4.69, 9.17) is 0 Å². The van der Waals surface area contributed by atoms with E-state index in [9.17, 15) is 4.79 Å². The third-order valence-corrected chi connectivity index (χ3v) is 4.84. The Labute approximate surface area is 144 Å². The van der Waals surface area contributed by atoms with Crippen molar-refractivity contribution in [1.82, 2.24) is 5.32 Å². The molecule has 1 unspecified atom stereocenters. The van der Waals surface area contributed by atoms with Crippen molar-refractivity contribution in [3.05, 3.63) is 64.7 Å². The minimum absolute atomic E-state index is 0.0300. The van der Waals surface area contributed by atoms with Gasteiger partial charge in [-0.3, -0.25) is 4.79 Å². The highest BCUT2D eigenvalue weighted by Crippen LogP contribution is 2.31. The summed E-state index contributed by atoms with van der Waals surface area (Å²) in [7, 11) is 0. The molecule has 0 fully saturated rings. The summed E-state index contributed by atoms with van der Waals surface area (Å²) in [5.74, 6) is 0.0300. The number of nitrogens with zero attached hydrogens (tertiary/aromatic N) is 1. The van der Waals surface area contributed by atoms with Crippen LogP contribution in [0.5, 0.6) is 0 Å². The van der Waals surface area contributed by atoms with Gasteiger partial charge in [0.25, 0.3) is 5.91 Å². The van der Waals surface area contributed by atoms with Crippen molar-refractivity contribution in [3.8, 4) is 0 Å². The number of fused-ring (bicyclic) bond motifs is 1. The summed E-state index contributed by atoms with van der Waals surface area (Å²) in [5.41, 5.74) is 5.79. The van der Waals surface area contributed by atoms with Gasteiger partial charge in [-0.2, -0.15) is 0 Å². The van der Waals surface area contributed by atoms with Crippen molar-refractivity contribution in [3.63, 3.8) is 0 Å². The smallest absolute Gasteiger partial charge is 0.251 e. The standard InChI is InChI=1S/C21H26N2O/c1-15-9-10-19(16(2)13-15)21(24)22-11-6-12-23-17(3)14-18-7-4-5-8-20(18)23/h4-5,7-10,13,17H,6,11-12,14H2,1-3H3,(H,22,24). The van der Waals surface area contributed by atoms with E-state index in [0.29, 0.717) is 12.6 Å². The topological polar surface area (TPSA) is 32.3 Å². The Morgan fingerprint density at radius 3 is 2.79 bits per heavy atom. The van der Waals surface area contributed by atoms with Crippen molar-refractivity contribution in [2.75, 3.05) is 18.0 Å². The number of para-hydroxylation sites is 1. The Morgan fingerprint density at radius 1 is 1.21 bits per heavy atom. The number of nitrogens with one attached hydrogen (secondary N) is 1. The number of carbonyl (C=O) groups excluding carboxylic acids is 1. The van der Waals surface area contributed by atoms with Gasteiger partial charge < -0.3 is 10.2 Å². The van der Waals surface area contributed by atoms with E-state index in [1.165, 1.54) is 16.8 Å². The van der Waals surface area contributed by atoms with Gasteiger partial charge in [-0.25, -0.2) is 0 Å². The summed E-state index contributed by atoms with van der Waals surface area (Å²) < 4.78 is 0. The Kier molecular flexibility index (Phi) is 4.89. The molecule has 1 amide bonds. The first-order valence-electron chi connectivity index (χ1n) is 8.76. The molecule has 1 aliphatic heterocycles. The first-order chi connectivity index (χ1) is 11.6. The summed E-state index contributed by atoms with van der Waals surface area (Å²) in [5, 5.41) is 3.06. The maximum absolute atomic E-state index is 12.3. The van der Waals surface area contributed by atoms with E-state index in [0.717, 1.165) is 30.5 Å². The highest BCUT2D eigenvalue weighted by atomic mass is 16.1. The molecule has 1 atom stereocenters. The van der Waals surface area contributed by atoms with Crippen LogP contribution < -0.4 is 10.2 Å². The maximum atomic E-state index is 12.3. The summed E-state index contributed by atoms with van der Waals surface area (Å²) in [6.07, 6.45) is 2.07. The molecule has 0 bridgehead atoms. The molecular weight excluding hydrogens is 296 g/mol. The average Bonchev–Trinajstić information content (AvgIpc) is 2.87. The number of aryl methyl sites for hydroxylation is 2. The Hall–Kier alpha value is -2.29. The van der Waals surface area contributed by atoms with Gasteiger partial charge in [0.15, 0.2) is 0 Å². The quantitative estimate of drug-likeness (QED) is 0.848. The van der Waals surface area contributed by atoms with E-state index in [2.05, 4.69) is 47.5 Å². The van der Waals surface area contributed by atoms with Gasteiger partial charge in [0.05, 0.1) is 0 Å². The SMILES string of the molecule is Cc1ccc(C(=O)NCCCN2c3ccccc3CC2C)c(C)c1. The van der Waals surface area contributed by atoms with Gasteiger partial charge in [-0.05, 0) is 56.9 Å². The molecule has 0 radical (unpaired) electrons. The molecule has 3 heteroatoms. The molecule has 2 aromatic rings. The summed E-state index contributed by atoms with van der Waals surface area (Å²) in [6.45, 7) is 7.99. The number of anilines is 1. The second kappa shape index (κ2) is 7.08. The van der Waals surface area contributed by atoms with Crippen molar-refractivity contribution in [1.29, 1.82) is 0 Å². The van der Waals surface area contributed by atoms with E-state index < -0.39 is 0 Å². The molecule has 1 heterocycles. The molecule has 1 N–H and O–H groups in total. The number of benzene rings is 2. The lowest BCUT2D eigenvalue weighted by Gasteiger charge is -2.25. The fourth-order valence-electron chi connectivity index (χ4n) is 3.59. The average molecular weight is 322 g/mol. The zero-order valence-electron chi connectivity index (χ0n) is 14.8. The Bertz CT molecular complexity index is 738. The molecule has 24 heavy (non-hydrogen) atoms. The highest BCUT2D eigenvalue weighted by molar-refractivity contribution is 5.95. The van der Waals surface area contributed by atoms with Crippen LogP contribution in [0.15, 0.2) is 42.5 Å². The van der Waals surface area contributed by atoms with Crippen LogP contribution in [0, 0.1) is 13.8 Å². The molecule has 3 nitrogen and oxygen atoms in total. The minimum Gasteiger partial charge on any atom is -0.368 e. The Morgan fingerprint density at radius 2 is 2.00 bits per heavy atom. The van der Waals surface area contributed by atoms with Crippen LogP contribution >= 0.6 is 0 Å². The zero-order chi connectivity index (χ0) is 17.1. The third kappa shape index (κ3) is 3.45. The van der Waals surface area contributed by atoms with Gasteiger partial charge in [0.2, 0.25) is 0 Å². The molecule has 3 rings (SSSR count). The first-order valence-corrected chi connectivity index (χ1v) is 8.76. The molecule has 0 spiro atoms. The molecule has 0 aliphatic carbocycles. The predicted octanol–water partition coefficient (Wildman–Crippen LogP) is 3.87. The van der Waals surface area contributed by atoms with Crippen LogP contribution in [0.3, 0.4) is 0 Å². The van der Waals surface area contributed by atoms with Crippen molar-refractivity contribution < 1.29 is 4.79 Å². The van der Waals surface area contributed by atoms with Crippen LogP contribution in [-0.2, 0) is 6.42 Å². The number of hydrogen-bond donors (Lipinski definition) is 1. The van der Waals surface area contributed by atoms with Crippen molar-refractivity contribution in [2.45, 2.75) is 39.7 Å². The lowest BCUT2D eigenvalue weighted by Crippen LogP contribution is -2.33. The maximum Gasteiger partial charge on any atom is 0.251 e. The second-order valence-electron chi connectivity index (χ2n) is 6.80. The fraction of sp³-hybridized carbons (Fsp3) is 0.381. The van der Waals surface area contributed by atoms with Gasteiger partial charge >= 0.3 is 0 Å². The molecule has 0 saturated carbocycles. The molecule has 126 valence electrons. The lowest BCUT2D eigenvalue weighted by molar-refractivity contribution is 0.0953. The van der Waals surface area contributed by atoms with Crippen LogP contribution in [0.4, 0.5) is 5.69 Å². The van der Waals surface area contributed by atoms with E-state index >= 15 is 0 Å². The zero-order valence-corrected chi connectivity index (χ0v) is 14.8. The fourth-order valence-corrected chi connectivity index (χ4v) is 3.59. The summed E-state index contributed by atoms with van der Waals surface area (Å²) in [6, 6.07) is 15.1. The largest absolute Gasteiger partial charge is 0.368 e. The van der Waals surface area contributed by atoms with E-state index in [-0.39, 0.29) is 5.91 Å². The van der Waals surface area contributed by atoms with E-state index in [1.807, 2.05) is 26.0 Å². The second-order valence-corrected chi connectivity index (χ2v) is 6.80. The van der Waals surface area contributed by atoms with Gasteiger partial charge in [-0.15, -0.1) is 0 Å². The molecular formula is C21H26N2O. The summed E-state index contributed by atoms with van der Waals surface area (Å²) in [4.78, 5) is 14.8. The number of rotatable bonds is 5. The number of hydrogen-bond acceptors (Lipinski definition) is 2. The molecule has 2 aromatic carbocycles. The van der Waals surface area contributed by atoms with Gasteiger partial charge in [0.1, 0.15) is 0 Å². The van der Waals surface area contributed by atoms with Crippen molar-refractivity contribution >= 4 is 11.6 Å². The highest BCUT2D eigenvalue weighted by Gasteiger charge is 2.24. The van der Waals surface area contributed by atoms with Crippen LogP contribution in [0.2, 0.25) is 0 Å². The molecule has 0 saturated heterocycles. The number of carbonyl (C=O) groups is 1. The molecule has 0 aromatic heterocycles. The minimum atomic E-state index is 0.0300. The lowest BCUT2D eigenvalue weighted by atomic mass is 10.1. The van der Waals surface area contributed by atoms with Crippen LogP contribution in [0.25, 0.3) is 0 Å². The predicted molar refractivity (Wildman–Crippen MR) is 99.8 cm³/mol. The van der Waals surface area contributed by atoms with Gasteiger partial charge in [0, 0.05) is 30.4 Å². The van der Waals surface area contributed by atoms with E-state index in [1.54, 1.807) is 0 Å². The first kappa shape index (κ1) is 16.6. The summed E-state index contributed by atoms with van der Waals surface area (Å²) >= 11 is 0. The van der Waals surface area contributed by atoms with Gasteiger partial charge in [-0.1, -0.05) is 35.9 Å². The van der Waals surface area contributed by atoms with Crippen molar-refractivity contribution in [2.24, 2.45) is 0 Å². The Balaban J connectivity index is 1.51. The number of amides is 1. The third-order valence-electron chi connectivity index (χ3n) is 4.84. The normalized spacial score (nSPS) is 16.1. The van der Waals surface area contributed by atoms with Crippen LogP contribution in [0.1, 0.15) is 40.4 Å². The molecule has 1 aliphatic rings. The monoisotopic (exact) mass is 322 g/mol. The van der Waals surface area contributed by atoms with Crippen LogP contribution in [-0.4, -0.2) is 25.0 Å².